The zero-order valence-electron chi connectivity index (χ0n) is 12.2. The molecule has 1 aromatic carbocycles. The van der Waals surface area contributed by atoms with Crippen LogP contribution in [0.3, 0.4) is 0 Å². The summed E-state index contributed by atoms with van der Waals surface area (Å²) in [4.78, 5) is 16.4. The Labute approximate surface area is 137 Å². The van der Waals surface area contributed by atoms with E-state index in [1.165, 1.54) is 19.3 Å². The molecule has 1 aliphatic rings. The molecule has 6 heteroatoms. The van der Waals surface area contributed by atoms with E-state index in [0.717, 1.165) is 22.9 Å². The smallest absolute Gasteiger partial charge is 0.259 e. The summed E-state index contributed by atoms with van der Waals surface area (Å²) in [5.74, 6) is 0.804. The monoisotopic (exact) mass is 363 g/mol. The fourth-order valence-electron chi connectivity index (χ4n) is 2.74. The van der Waals surface area contributed by atoms with Crippen LogP contribution in [-0.2, 0) is 11.2 Å². The van der Waals surface area contributed by atoms with Crippen LogP contribution < -0.4 is 5.32 Å². The van der Waals surface area contributed by atoms with Crippen LogP contribution in [0.1, 0.15) is 37.9 Å². The molecule has 1 N–H and O–H groups in total. The fourth-order valence-corrected chi connectivity index (χ4v) is 3.19. The zero-order valence-corrected chi connectivity index (χ0v) is 13.8. The second-order valence-electron chi connectivity index (χ2n) is 5.57. The van der Waals surface area contributed by atoms with Crippen LogP contribution >= 0.6 is 15.9 Å². The number of carbonyl (C=O) groups excluding carboxylic acids is 1. The topological polar surface area (TPSA) is 68.0 Å². The number of hydrogen-bond donors (Lipinski definition) is 1. The highest BCUT2D eigenvalue weighted by Gasteiger charge is 2.18. The summed E-state index contributed by atoms with van der Waals surface area (Å²) in [5, 5.41) is 6.96. The van der Waals surface area contributed by atoms with E-state index in [0.29, 0.717) is 17.8 Å². The third-order valence-electron chi connectivity index (χ3n) is 3.86. The van der Waals surface area contributed by atoms with Gasteiger partial charge in [-0.05, 0) is 40.9 Å². The summed E-state index contributed by atoms with van der Waals surface area (Å²) >= 11 is 3.45. The van der Waals surface area contributed by atoms with Crippen LogP contribution in [0.5, 0.6) is 0 Å². The summed E-state index contributed by atoms with van der Waals surface area (Å²) in [6.07, 6.45) is 5.95. The van der Waals surface area contributed by atoms with Crippen molar-refractivity contribution in [3.63, 3.8) is 0 Å². The average Bonchev–Trinajstić information content (AvgIpc) is 2.97. The first kappa shape index (κ1) is 15.2. The molecule has 5 nitrogen and oxygen atoms in total. The lowest BCUT2D eigenvalue weighted by molar-refractivity contribution is -0.121. The number of halogens is 1. The van der Waals surface area contributed by atoms with Gasteiger partial charge >= 0.3 is 0 Å². The van der Waals surface area contributed by atoms with Crippen LogP contribution in [0.15, 0.2) is 33.3 Å². The SMILES string of the molecule is O=C(Cc1noc(-c2ccccc2Br)n1)NC1CCCCC1. The number of rotatable bonds is 4. The van der Waals surface area contributed by atoms with E-state index in [1.54, 1.807) is 0 Å². The largest absolute Gasteiger partial charge is 0.353 e. The van der Waals surface area contributed by atoms with Crippen LogP contribution in [0.2, 0.25) is 0 Å². The molecular formula is C16H18BrN3O2. The van der Waals surface area contributed by atoms with E-state index in [2.05, 4.69) is 31.4 Å². The minimum absolute atomic E-state index is 0.0358. The molecule has 1 heterocycles. The minimum Gasteiger partial charge on any atom is -0.353 e. The Morgan fingerprint density at radius 2 is 2.05 bits per heavy atom. The lowest BCUT2D eigenvalue weighted by Gasteiger charge is -2.22. The van der Waals surface area contributed by atoms with Crippen LogP contribution in [-0.4, -0.2) is 22.1 Å². The Balaban J connectivity index is 1.62. The molecule has 1 amide bonds. The number of nitrogens with zero attached hydrogens (tertiary/aromatic N) is 2. The highest BCUT2D eigenvalue weighted by Crippen LogP contribution is 2.26. The Bertz CT molecular complexity index is 650. The van der Waals surface area contributed by atoms with Crippen LogP contribution in [0, 0.1) is 0 Å². The molecule has 0 radical (unpaired) electrons. The van der Waals surface area contributed by atoms with Crippen LogP contribution in [0.25, 0.3) is 11.5 Å². The molecule has 0 spiro atoms. The summed E-state index contributed by atoms with van der Waals surface area (Å²) in [6.45, 7) is 0. The van der Waals surface area contributed by atoms with Crippen molar-refractivity contribution >= 4 is 21.8 Å². The minimum atomic E-state index is -0.0358. The van der Waals surface area contributed by atoms with E-state index >= 15 is 0 Å². The Morgan fingerprint density at radius 1 is 1.27 bits per heavy atom. The summed E-state index contributed by atoms with van der Waals surface area (Å²) in [7, 11) is 0. The van der Waals surface area contributed by atoms with E-state index in [-0.39, 0.29) is 12.3 Å². The molecule has 2 aromatic rings. The van der Waals surface area contributed by atoms with Gasteiger partial charge in [-0.25, -0.2) is 0 Å². The van der Waals surface area contributed by atoms with Gasteiger partial charge in [0.1, 0.15) is 0 Å². The maximum atomic E-state index is 12.1. The van der Waals surface area contributed by atoms with E-state index in [4.69, 9.17) is 4.52 Å². The van der Waals surface area contributed by atoms with Crippen LogP contribution in [0.4, 0.5) is 0 Å². The Hall–Kier alpha value is -1.69. The predicted molar refractivity (Wildman–Crippen MR) is 86.2 cm³/mol. The van der Waals surface area contributed by atoms with Gasteiger partial charge in [0.05, 0.1) is 12.0 Å². The second kappa shape index (κ2) is 7.05. The van der Waals surface area contributed by atoms with Crippen molar-refractivity contribution in [2.45, 2.75) is 44.6 Å². The van der Waals surface area contributed by atoms with E-state index in [1.807, 2.05) is 24.3 Å². The highest BCUT2D eigenvalue weighted by molar-refractivity contribution is 9.10. The van der Waals surface area contributed by atoms with Gasteiger partial charge in [-0.1, -0.05) is 36.6 Å². The van der Waals surface area contributed by atoms with Gasteiger partial charge in [-0.2, -0.15) is 4.98 Å². The number of benzene rings is 1. The summed E-state index contributed by atoms with van der Waals surface area (Å²) in [5.41, 5.74) is 0.828. The predicted octanol–water partition coefficient (Wildman–Crippen LogP) is 3.49. The molecule has 0 aliphatic heterocycles. The van der Waals surface area contributed by atoms with Crippen molar-refractivity contribution in [3.05, 3.63) is 34.6 Å². The van der Waals surface area contributed by atoms with Gasteiger partial charge in [0.15, 0.2) is 5.82 Å². The number of amides is 1. The lowest BCUT2D eigenvalue weighted by Crippen LogP contribution is -2.37. The number of carbonyl (C=O) groups is 1. The third-order valence-corrected chi connectivity index (χ3v) is 4.55. The van der Waals surface area contributed by atoms with Crippen molar-refractivity contribution in [1.29, 1.82) is 0 Å². The molecule has 0 atom stereocenters. The fraction of sp³-hybridized carbons (Fsp3) is 0.438. The number of aromatic nitrogens is 2. The quantitative estimate of drug-likeness (QED) is 0.902. The van der Waals surface area contributed by atoms with Gasteiger partial charge in [0.25, 0.3) is 5.89 Å². The molecule has 0 unspecified atom stereocenters. The maximum Gasteiger partial charge on any atom is 0.259 e. The second-order valence-corrected chi connectivity index (χ2v) is 6.43. The van der Waals surface area contributed by atoms with Crippen molar-refractivity contribution in [2.24, 2.45) is 0 Å². The maximum absolute atomic E-state index is 12.1. The lowest BCUT2D eigenvalue weighted by atomic mass is 9.95. The standard InChI is InChI=1S/C16H18BrN3O2/c17-13-9-5-4-8-12(13)16-19-14(20-22-16)10-15(21)18-11-6-2-1-3-7-11/h4-5,8-9,11H,1-3,6-7,10H2,(H,18,21). The van der Waals surface area contributed by atoms with Gasteiger partial charge in [-0.3, -0.25) is 4.79 Å². The Morgan fingerprint density at radius 3 is 2.82 bits per heavy atom. The van der Waals surface area contributed by atoms with Crippen molar-refractivity contribution < 1.29 is 9.32 Å². The first-order valence-corrected chi connectivity index (χ1v) is 8.38. The molecule has 22 heavy (non-hydrogen) atoms. The number of nitrogens with one attached hydrogen (secondary N) is 1. The van der Waals surface area contributed by atoms with Crippen molar-refractivity contribution in [3.8, 4) is 11.5 Å². The van der Waals surface area contributed by atoms with Crippen molar-refractivity contribution in [2.75, 3.05) is 0 Å². The molecule has 116 valence electrons. The molecule has 1 aromatic heterocycles. The first-order valence-electron chi connectivity index (χ1n) is 7.59. The van der Waals surface area contributed by atoms with E-state index in [9.17, 15) is 4.79 Å². The molecule has 3 rings (SSSR count). The van der Waals surface area contributed by atoms with Gasteiger partial charge in [0.2, 0.25) is 5.91 Å². The first-order chi connectivity index (χ1) is 10.7. The molecule has 1 fully saturated rings. The summed E-state index contributed by atoms with van der Waals surface area (Å²) in [6, 6.07) is 7.93. The molecular weight excluding hydrogens is 346 g/mol. The zero-order chi connectivity index (χ0) is 15.4. The van der Waals surface area contributed by atoms with Crippen molar-refractivity contribution in [1.82, 2.24) is 15.5 Å². The molecule has 0 saturated heterocycles. The molecule has 0 bridgehead atoms. The number of hydrogen-bond acceptors (Lipinski definition) is 4. The van der Waals surface area contributed by atoms with Gasteiger partial charge in [0, 0.05) is 10.5 Å². The van der Waals surface area contributed by atoms with Gasteiger partial charge < -0.3 is 9.84 Å². The third kappa shape index (κ3) is 3.74. The normalized spacial score (nSPS) is 15.7. The Kier molecular flexibility index (Phi) is 4.87. The average molecular weight is 364 g/mol. The molecule has 1 saturated carbocycles. The summed E-state index contributed by atoms with van der Waals surface area (Å²) < 4.78 is 6.14. The van der Waals surface area contributed by atoms with E-state index < -0.39 is 0 Å². The highest BCUT2D eigenvalue weighted by atomic mass is 79.9. The van der Waals surface area contributed by atoms with Gasteiger partial charge in [-0.15, -0.1) is 0 Å². The molecule has 1 aliphatic carbocycles.